The third-order valence-electron chi connectivity index (χ3n) is 3.28. The first-order valence-electron chi connectivity index (χ1n) is 5.86. The highest BCUT2D eigenvalue weighted by atomic mass is 79.9. The highest BCUT2D eigenvalue weighted by molar-refractivity contribution is 9.10. The number of anilines is 1. The number of nitrogens with zero attached hydrogens (tertiary/aromatic N) is 1. The fourth-order valence-electron chi connectivity index (χ4n) is 2.11. The average Bonchev–Trinajstić information content (AvgIpc) is 2.40. The summed E-state index contributed by atoms with van der Waals surface area (Å²) in [6.07, 6.45) is 1.47. The van der Waals surface area contributed by atoms with Gasteiger partial charge in [0.05, 0.1) is 23.4 Å². The maximum Gasteiger partial charge on any atom is 0.103 e. The minimum atomic E-state index is -0.384. The number of hydrogen-bond donors (Lipinski definition) is 2. The SMILES string of the molecule is N#Cc1c(Br)cccc1NC1(CO)CCOCC1. The van der Waals surface area contributed by atoms with Gasteiger partial charge in [0.1, 0.15) is 6.07 Å². The van der Waals surface area contributed by atoms with Gasteiger partial charge in [-0.2, -0.15) is 5.26 Å². The van der Waals surface area contributed by atoms with Crippen LogP contribution in [0.1, 0.15) is 18.4 Å². The Balaban J connectivity index is 2.27. The van der Waals surface area contributed by atoms with Crippen LogP contribution < -0.4 is 5.32 Å². The predicted octanol–water partition coefficient (Wildman–Crippen LogP) is 2.27. The second kappa shape index (κ2) is 5.70. The van der Waals surface area contributed by atoms with Crippen molar-refractivity contribution in [3.8, 4) is 6.07 Å². The van der Waals surface area contributed by atoms with E-state index in [2.05, 4.69) is 27.3 Å². The zero-order valence-electron chi connectivity index (χ0n) is 9.95. The molecule has 18 heavy (non-hydrogen) atoms. The summed E-state index contributed by atoms with van der Waals surface area (Å²) in [5.74, 6) is 0. The number of aliphatic hydroxyl groups is 1. The van der Waals surface area contributed by atoms with Crippen molar-refractivity contribution in [1.82, 2.24) is 0 Å². The van der Waals surface area contributed by atoms with Crippen LogP contribution in [0.15, 0.2) is 22.7 Å². The van der Waals surface area contributed by atoms with Gasteiger partial charge in [0.15, 0.2) is 0 Å². The van der Waals surface area contributed by atoms with Crippen LogP contribution in [0, 0.1) is 11.3 Å². The standard InChI is InChI=1S/C13H15BrN2O2/c14-11-2-1-3-12(10(11)8-15)16-13(9-17)4-6-18-7-5-13/h1-3,16-17H,4-7,9H2. The van der Waals surface area contributed by atoms with E-state index in [9.17, 15) is 10.4 Å². The van der Waals surface area contributed by atoms with Crippen LogP contribution in [0.5, 0.6) is 0 Å². The van der Waals surface area contributed by atoms with Gasteiger partial charge in [-0.25, -0.2) is 0 Å². The number of hydrogen-bond acceptors (Lipinski definition) is 4. The quantitative estimate of drug-likeness (QED) is 0.899. The molecule has 96 valence electrons. The molecule has 2 N–H and O–H groups in total. The van der Waals surface area contributed by atoms with E-state index in [1.54, 1.807) is 0 Å². The molecule has 2 rings (SSSR count). The van der Waals surface area contributed by atoms with Crippen molar-refractivity contribution in [2.24, 2.45) is 0 Å². The van der Waals surface area contributed by atoms with Crippen molar-refractivity contribution in [2.75, 3.05) is 25.1 Å². The highest BCUT2D eigenvalue weighted by Gasteiger charge is 2.32. The highest BCUT2D eigenvalue weighted by Crippen LogP contribution is 2.30. The Hall–Kier alpha value is -1.09. The fourth-order valence-corrected chi connectivity index (χ4v) is 2.57. The fraction of sp³-hybridized carbons (Fsp3) is 0.462. The molecule has 5 heteroatoms. The van der Waals surface area contributed by atoms with Crippen LogP contribution in [-0.4, -0.2) is 30.5 Å². The first-order chi connectivity index (χ1) is 8.71. The third-order valence-corrected chi connectivity index (χ3v) is 3.94. The van der Waals surface area contributed by atoms with Crippen LogP contribution in [0.4, 0.5) is 5.69 Å². The third kappa shape index (κ3) is 2.66. The average molecular weight is 311 g/mol. The van der Waals surface area contributed by atoms with E-state index in [0.29, 0.717) is 18.8 Å². The molecular weight excluding hydrogens is 296 g/mol. The second-order valence-electron chi connectivity index (χ2n) is 4.45. The summed E-state index contributed by atoms with van der Waals surface area (Å²) < 4.78 is 6.08. The van der Waals surface area contributed by atoms with Crippen molar-refractivity contribution in [3.05, 3.63) is 28.2 Å². The molecule has 1 aromatic carbocycles. The first kappa shape index (κ1) is 13.3. The summed E-state index contributed by atoms with van der Waals surface area (Å²) >= 11 is 3.36. The van der Waals surface area contributed by atoms with Crippen LogP contribution in [0.2, 0.25) is 0 Å². The Labute approximate surface area is 115 Å². The molecule has 0 spiro atoms. The summed E-state index contributed by atoms with van der Waals surface area (Å²) in [7, 11) is 0. The summed E-state index contributed by atoms with van der Waals surface area (Å²) in [6, 6.07) is 7.74. The van der Waals surface area contributed by atoms with Gasteiger partial charge in [-0.05, 0) is 40.9 Å². The van der Waals surface area contributed by atoms with Crippen molar-refractivity contribution in [2.45, 2.75) is 18.4 Å². The predicted molar refractivity (Wildman–Crippen MR) is 72.3 cm³/mol. The first-order valence-corrected chi connectivity index (χ1v) is 6.65. The van der Waals surface area contributed by atoms with Crippen LogP contribution in [-0.2, 0) is 4.74 Å². The normalized spacial score (nSPS) is 18.1. The van der Waals surface area contributed by atoms with Crippen molar-refractivity contribution in [3.63, 3.8) is 0 Å². The Bertz CT molecular complexity index is 465. The summed E-state index contributed by atoms with van der Waals surface area (Å²) in [5, 5.41) is 22.1. The van der Waals surface area contributed by atoms with Gasteiger partial charge < -0.3 is 15.2 Å². The molecule has 1 saturated heterocycles. The lowest BCUT2D eigenvalue weighted by molar-refractivity contribution is 0.0380. The lowest BCUT2D eigenvalue weighted by Crippen LogP contribution is -2.47. The van der Waals surface area contributed by atoms with Gasteiger partial charge in [0.25, 0.3) is 0 Å². The smallest absolute Gasteiger partial charge is 0.103 e. The van der Waals surface area contributed by atoms with E-state index in [4.69, 9.17) is 4.74 Å². The second-order valence-corrected chi connectivity index (χ2v) is 5.30. The van der Waals surface area contributed by atoms with Gasteiger partial charge in [0.2, 0.25) is 0 Å². The van der Waals surface area contributed by atoms with Gasteiger partial charge in [0, 0.05) is 17.7 Å². The minimum Gasteiger partial charge on any atom is -0.394 e. The molecule has 0 unspecified atom stereocenters. The molecule has 4 nitrogen and oxygen atoms in total. The topological polar surface area (TPSA) is 65.3 Å². The molecule has 0 bridgehead atoms. The van der Waals surface area contributed by atoms with Gasteiger partial charge in [-0.15, -0.1) is 0 Å². The molecule has 0 aromatic heterocycles. The lowest BCUT2D eigenvalue weighted by Gasteiger charge is -2.37. The summed E-state index contributed by atoms with van der Waals surface area (Å²) in [4.78, 5) is 0. The van der Waals surface area contributed by atoms with E-state index in [0.717, 1.165) is 23.0 Å². The Morgan fingerprint density at radius 2 is 2.17 bits per heavy atom. The molecule has 0 amide bonds. The molecule has 1 aliphatic heterocycles. The molecule has 0 radical (unpaired) electrons. The number of ether oxygens (including phenoxy) is 1. The Morgan fingerprint density at radius 1 is 1.44 bits per heavy atom. The summed E-state index contributed by atoms with van der Waals surface area (Å²) in [5.41, 5.74) is 0.935. The molecule has 1 aromatic rings. The van der Waals surface area contributed by atoms with Gasteiger partial charge in [-0.1, -0.05) is 6.07 Å². The van der Waals surface area contributed by atoms with Crippen LogP contribution in [0.3, 0.4) is 0 Å². The van der Waals surface area contributed by atoms with Gasteiger partial charge >= 0.3 is 0 Å². The number of rotatable bonds is 3. The van der Waals surface area contributed by atoms with Crippen molar-refractivity contribution < 1.29 is 9.84 Å². The molecule has 1 heterocycles. The maximum atomic E-state index is 9.62. The lowest BCUT2D eigenvalue weighted by atomic mass is 9.90. The molecule has 0 saturated carbocycles. The molecule has 1 fully saturated rings. The van der Waals surface area contributed by atoms with Gasteiger partial charge in [-0.3, -0.25) is 0 Å². The maximum absolute atomic E-state index is 9.62. The number of nitrogens with one attached hydrogen (secondary N) is 1. The number of halogens is 1. The summed E-state index contributed by atoms with van der Waals surface area (Å²) in [6.45, 7) is 1.29. The molecule has 0 atom stereocenters. The number of nitriles is 1. The number of benzene rings is 1. The largest absolute Gasteiger partial charge is 0.394 e. The van der Waals surface area contributed by atoms with Crippen LogP contribution >= 0.6 is 15.9 Å². The van der Waals surface area contributed by atoms with E-state index in [1.807, 2.05) is 18.2 Å². The van der Waals surface area contributed by atoms with Crippen LogP contribution in [0.25, 0.3) is 0 Å². The van der Waals surface area contributed by atoms with Crippen molar-refractivity contribution in [1.29, 1.82) is 5.26 Å². The van der Waals surface area contributed by atoms with E-state index in [1.165, 1.54) is 0 Å². The Kier molecular flexibility index (Phi) is 4.23. The van der Waals surface area contributed by atoms with E-state index in [-0.39, 0.29) is 12.1 Å². The molecule has 1 aliphatic rings. The number of aliphatic hydroxyl groups excluding tert-OH is 1. The monoisotopic (exact) mass is 310 g/mol. The van der Waals surface area contributed by atoms with E-state index >= 15 is 0 Å². The molecule has 0 aliphatic carbocycles. The van der Waals surface area contributed by atoms with Crippen molar-refractivity contribution >= 4 is 21.6 Å². The Morgan fingerprint density at radius 3 is 2.78 bits per heavy atom. The molecular formula is C13H15BrN2O2. The minimum absolute atomic E-state index is 0.0355. The zero-order valence-corrected chi connectivity index (χ0v) is 11.5. The van der Waals surface area contributed by atoms with E-state index < -0.39 is 0 Å². The zero-order chi connectivity index (χ0) is 13.0.